The summed E-state index contributed by atoms with van der Waals surface area (Å²) in [5.41, 5.74) is 1.19. The maximum absolute atomic E-state index is 12.5. The average molecular weight is 464 g/mol. The summed E-state index contributed by atoms with van der Waals surface area (Å²) in [4.78, 5) is 49.5. The number of nitrogens with zero attached hydrogens (tertiary/aromatic N) is 1. The van der Waals surface area contributed by atoms with E-state index in [2.05, 4.69) is 15.9 Å². The van der Waals surface area contributed by atoms with Crippen molar-refractivity contribution in [2.45, 2.75) is 57.4 Å². The summed E-state index contributed by atoms with van der Waals surface area (Å²) in [6.45, 7) is 3.18. The van der Waals surface area contributed by atoms with E-state index in [9.17, 15) is 19.2 Å². The SMILES string of the molecule is CC(=O)Oc1cc(OC(C)=O)c2c(c1Br)C[C@@H]1[C@@H]3CCC(=O)C[C@]23CCN1C=O. The molecule has 1 saturated carbocycles. The molecule has 7 nitrogen and oxygen atoms in total. The number of esters is 2. The molecule has 0 unspecified atom stereocenters. The highest BCUT2D eigenvalue weighted by molar-refractivity contribution is 9.10. The van der Waals surface area contributed by atoms with Crippen LogP contribution < -0.4 is 9.47 Å². The molecule has 4 rings (SSSR count). The molecule has 2 bridgehead atoms. The van der Waals surface area contributed by atoms with Crippen molar-refractivity contribution in [1.82, 2.24) is 4.90 Å². The third-order valence-corrected chi connectivity index (χ3v) is 7.38. The van der Waals surface area contributed by atoms with E-state index >= 15 is 0 Å². The minimum Gasteiger partial charge on any atom is -0.426 e. The van der Waals surface area contributed by atoms with Crippen molar-refractivity contribution >= 4 is 40.1 Å². The number of likely N-dealkylation sites (tertiary alicyclic amines) is 1. The third kappa shape index (κ3) is 3.17. The first-order valence-corrected chi connectivity index (χ1v) is 10.5. The Morgan fingerprint density at radius 3 is 2.59 bits per heavy atom. The maximum atomic E-state index is 12.5. The van der Waals surface area contributed by atoms with Gasteiger partial charge >= 0.3 is 11.9 Å². The Morgan fingerprint density at radius 2 is 1.93 bits per heavy atom. The molecular formula is C21H22BrNO6. The summed E-state index contributed by atoms with van der Waals surface area (Å²) in [6, 6.07) is 1.51. The topological polar surface area (TPSA) is 90.0 Å². The van der Waals surface area contributed by atoms with Crippen molar-refractivity contribution in [3.63, 3.8) is 0 Å². The van der Waals surface area contributed by atoms with Gasteiger partial charge in [-0.05, 0) is 46.7 Å². The van der Waals surface area contributed by atoms with Gasteiger partial charge in [-0.15, -0.1) is 0 Å². The standard InChI is InChI=1S/C21H22BrNO6/c1-11(25)28-17-8-18(29-12(2)26)20(22)14-7-16-15-4-3-13(27)9-21(15,19(14)17)5-6-23(16)10-24/h8,10,15-16H,3-7,9H2,1-2H3/t15-,16+,21-/m0/s1. The van der Waals surface area contributed by atoms with Gasteiger partial charge in [0.1, 0.15) is 17.3 Å². The summed E-state index contributed by atoms with van der Waals surface area (Å²) in [5, 5.41) is 0. The van der Waals surface area contributed by atoms with Crippen LogP contribution in [0.15, 0.2) is 10.5 Å². The highest BCUT2D eigenvalue weighted by atomic mass is 79.9. The number of rotatable bonds is 3. The quantitative estimate of drug-likeness (QED) is 0.388. The smallest absolute Gasteiger partial charge is 0.308 e. The van der Waals surface area contributed by atoms with Crippen LogP contribution in [0, 0.1) is 5.92 Å². The van der Waals surface area contributed by atoms with Crippen LogP contribution in [-0.4, -0.2) is 41.6 Å². The molecule has 154 valence electrons. The zero-order chi connectivity index (χ0) is 20.9. The Labute approximate surface area is 176 Å². The number of hydrogen-bond donors (Lipinski definition) is 0. The summed E-state index contributed by atoms with van der Waals surface area (Å²) >= 11 is 3.56. The van der Waals surface area contributed by atoms with Crippen LogP contribution in [0.25, 0.3) is 0 Å². The molecule has 1 amide bonds. The van der Waals surface area contributed by atoms with E-state index in [-0.39, 0.29) is 23.5 Å². The molecule has 1 aromatic rings. The van der Waals surface area contributed by atoms with Crippen LogP contribution in [0.5, 0.6) is 11.5 Å². The van der Waals surface area contributed by atoms with Gasteiger partial charge in [0.15, 0.2) is 0 Å². The van der Waals surface area contributed by atoms with E-state index < -0.39 is 17.4 Å². The summed E-state index contributed by atoms with van der Waals surface area (Å²) in [7, 11) is 0. The minimum absolute atomic E-state index is 0.0455. The van der Waals surface area contributed by atoms with Crippen molar-refractivity contribution in [3.05, 3.63) is 21.7 Å². The number of ketones is 1. The number of piperidine rings is 1. The molecule has 0 spiro atoms. The normalized spacial score (nSPS) is 27.6. The van der Waals surface area contributed by atoms with E-state index in [1.54, 1.807) is 6.07 Å². The van der Waals surface area contributed by atoms with Gasteiger partial charge in [-0.25, -0.2) is 0 Å². The lowest BCUT2D eigenvalue weighted by molar-refractivity contribution is -0.133. The highest BCUT2D eigenvalue weighted by Crippen LogP contribution is 2.59. The molecule has 29 heavy (non-hydrogen) atoms. The molecule has 8 heteroatoms. The molecule has 3 atom stereocenters. The molecule has 1 aromatic carbocycles. The van der Waals surface area contributed by atoms with Crippen molar-refractivity contribution in [2.24, 2.45) is 5.92 Å². The van der Waals surface area contributed by atoms with Crippen molar-refractivity contribution in [1.29, 1.82) is 0 Å². The second-order valence-electron chi connectivity index (χ2n) is 8.11. The number of carbonyl (C=O) groups is 4. The van der Waals surface area contributed by atoms with Gasteiger partial charge in [-0.3, -0.25) is 19.2 Å². The molecule has 1 heterocycles. The van der Waals surface area contributed by atoms with E-state index in [4.69, 9.17) is 9.47 Å². The van der Waals surface area contributed by atoms with Crippen LogP contribution in [0.3, 0.4) is 0 Å². The zero-order valence-electron chi connectivity index (χ0n) is 16.3. The van der Waals surface area contributed by atoms with Gasteiger partial charge in [-0.2, -0.15) is 0 Å². The number of halogens is 1. The number of benzene rings is 1. The molecule has 1 saturated heterocycles. The van der Waals surface area contributed by atoms with Gasteiger partial charge in [0.05, 0.1) is 4.47 Å². The van der Waals surface area contributed by atoms with Crippen LogP contribution in [-0.2, 0) is 31.0 Å². The van der Waals surface area contributed by atoms with Crippen LogP contribution in [0.1, 0.15) is 50.7 Å². The fourth-order valence-electron chi connectivity index (χ4n) is 5.59. The molecule has 3 aliphatic rings. The van der Waals surface area contributed by atoms with Crippen LogP contribution in [0.4, 0.5) is 0 Å². The Hall–Kier alpha value is -2.22. The average Bonchev–Trinajstić information content (AvgIpc) is 2.63. The fourth-order valence-corrected chi connectivity index (χ4v) is 6.14. The van der Waals surface area contributed by atoms with Crippen LogP contribution in [0.2, 0.25) is 0 Å². The number of hydrogen-bond acceptors (Lipinski definition) is 6. The van der Waals surface area contributed by atoms with E-state index in [0.717, 1.165) is 17.5 Å². The predicted octanol–water partition coefficient (Wildman–Crippen LogP) is 2.69. The number of fused-ring (bicyclic) bond motifs is 1. The lowest BCUT2D eigenvalue weighted by Crippen LogP contribution is -2.61. The first-order valence-electron chi connectivity index (χ1n) is 9.72. The number of carbonyl (C=O) groups excluding carboxylic acids is 4. The zero-order valence-corrected chi connectivity index (χ0v) is 17.9. The molecular weight excluding hydrogens is 442 g/mol. The van der Waals surface area contributed by atoms with Crippen molar-refractivity contribution in [2.75, 3.05) is 6.54 Å². The third-order valence-electron chi connectivity index (χ3n) is 6.51. The minimum atomic E-state index is -0.492. The Morgan fingerprint density at radius 1 is 1.24 bits per heavy atom. The Bertz CT molecular complexity index is 928. The fraction of sp³-hybridized carbons (Fsp3) is 0.524. The molecule has 0 N–H and O–H groups in total. The molecule has 2 aliphatic carbocycles. The summed E-state index contributed by atoms with van der Waals surface area (Å²) in [5.74, 6) is -0.0710. The van der Waals surface area contributed by atoms with Gasteiger partial charge in [0.25, 0.3) is 0 Å². The van der Waals surface area contributed by atoms with Gasteiger partial charge < -0.3 is 14.4 Å². The second-order valence-corrected chi connectivity index (χ2v) is 8.90. The largest absolute Gasteiger partial charge is 0.426 e. The lowest BCUT2D eigenvalue weighted by Gasteiger charge is -2.58. The van der Waals surface area contributed by atoms with Gasteiger partial charge in [-0.1, -0.05) is 0 Å². The van der Waals surface area contributed by atoms with Crippen molar-refractivity contribution < 1.29 is 28.7 Å². The molecule has 0 aromatic heterocycles. The van der Waals surface area contributed by atoms with Gasteiger partial charge in [0, 0.05) is 56.3 Å². The lowest BCUT2D eigenvalue weighted by atomic mass is 9.52. The Kier molecular flexibility index (Phi) is 5.01. The molecule has 2 fully saturated rings. The van der Waals surface area contributed by atoms with Crippen molar-refractivity contribution in [3.8, 4) is 11.5 Å². The van der Waals surface area contributed by atoms with E-state index in [1.807, 2.05) is 4.90 Å². The first-order chi connectivity index (χ1) is 13.8. The maximum Gasteiger partial charge on any atom is 0.308 e. The first kappa shape index (κ1) is 20.1. The summed E-state index contributed by atoms with van der Waals surface area (Å²) in [6.07, 6.45) is 3.61. The molecule has 1 aliphatic heterocycles. The molecule has 0 radical (unpaired) electrons. The number of amides is 1. The monoisotopic (exact) mass is 463 g/mol. The summed E-state index contributed by atoms with van der Waals surface area (Å²) < 4.78 is 11.5. The Balaban J connectivity index is 1.98. The number of Topliss-reactive ketones (excluding diaryl/α,β-unsaturated/α-hetero) is 1. The number of ether oxygens (including phenoxy) is 2. The van der Waals surface area contributed by atoms with Crippen LogP contribution >= 0.6 is 15.9 Å². The van der Waals surface area contributed by atoms with E-state index in [1.165, 1.54) is 13.8 Å². The second kappa shape index (κ2) is 7.23. The highest BCUT2D eigenvalue weighted by Gasteiger charge is 2.57. The van der Waals surface area contributed by atoms with E-state index in [0.29, 0.717) is 48.9 Å². The van der Waals surface area contributed by atoms with Gasteiger partial charge in [0.2, 0.25) is 6.41 Å². The predicted molar refractivity (Wildman–Crippen MR) is 106 cm³/mol.